The Labute approximate surface area is 218 Å². The third-order valence-corrected chi connectivity index (χ3v) is 7.63. The molecule has 1 aliphatic rings. The zero-order valence-electron chi connectivity index (χ0n) is 21.9. The van der Waals surface area contributed by atoms with Gasteiger partial charge in [0.1, 0.15) is 0 Å². The van der Waals surface area contributed by atoms with Crippen LogP contribution in [0.5, 0.6) is 0 Å². The lowest BCUT2D eigenvalue weighted by molar-refractivity contribution is 0.427. The van der Waals surface area contributed by atoms with Gasteiger partial charge in [0.15, 0.2) is 23.3 Å². The third kappa shape index (κ3) is 6.17. The topological polar surface area (TPSA) is 0 Å². The first kappa shape index (κ1) is 27.2. The molecule has 0 bridgehead atoms. The molecule has 196 valence electrons. The first-order chi connectivity index (χ1) is 17.9. The highest BCUT2D eigenvalue weighted by atomic mass is 19.2. The number of hydrogen-bond acceptors (Lipinski definition) is 0. The van der Waals surface area contributed by atoms with Gasteiger partial charge in [-0.1, -0.05) is 101 Å². The molecule has 0 aromatic heterocycles. The van der Waals surface area contributed by atoms with Crippen molar-refractivity contribution in [3.05, 3.63) is 89.0 Å². The molecule has 0 radical (unpaired) electrons. The molecule has 0 saturated heterocycles. The second-order valence-corrected chi connectivity index (χ2v) is 10.2. The van der Waals surface area contributed by atoms with E-state index in [1.165, 1.54) is 25.7 Å². The molecule has 0 amide bonds. The van der Waals surface area contributed by atoms with Gasteiger partial charge in [-0.3, -0.25) is 0 Å². The van der Waals surface area contributed by atoms with E-state index >= 15 is 8.78 Å². The Hall–Kier alpha value is -2.88. The summed E-state index contributed by atoms with van der Waals surface area (Å²) in [7, 11) is 0. The Balaban J connectivity index is 1.52. The Morgan fingerprint density at radius 3 is 1.81 bits per heavy atom. The molecule has 4 rings (SSSR count). The maximum atomic E-state index is 15.2. The fraction of sp³-hybridized carbons (Fsp3) is 0.394. The Morgan fingerprint density at radius 2 is 1.22 bits per heavy atom. The van der Waals surface area contributed by atoms with E-state index in [-0.39, 0.29) is 11.1 Å². The molecule has 1 aliphatic carbocycles. The molecule has 1 atom stereocenters. The number of allylic oxidation sites excluding steroid dienone is 2. The van der Waals surface area contributed by atoms with Gasteiger partial charge in [-0.25, -0.2) is 17.6 Å². The summed E-state index contributed by atoms with van der Waals surface area (Å²) in [5, 5.41) is 0. The summed E-state index contributed by atoms with van der Waals surface area (Å²) in [6.07, 6.45) is 11.8. The van der Waals surface area contributed by atoms with Crippen molar-refractivity contribution in [1.29, 1.82) is 0 Å². The van der Waals surface area contributed by atoms with E-state index in [4.69, 9.17) is 0 Å². The number of rotatable bonds is 10. The average molecular weight is 509 g/mol. The van der Waals surface area contributed by atoms with E-state index < -0.39 is 23.3 Å². The maximum absolute atomic E-state index is 15.2. The molecule has 3 aromatic carbocycles. The van der Waals surface area contributed by atoms with Crippen LogP contribution in [0.2, 0.25) is 0 Å². The minimum Gasteiger partial charge on any atom is -0.203 e. The summed E-state index contributed by atoms with van der Waals surface area (Å²) in [6, 6.07) is 13.0. The predicted molar refractivity (Wildman–Crippen MR) is 145 cm³/mol. The monoisotopic (exact) mass is 508 g/mol. The van der Waals surface area contributed by atoms with Crippen LogP contribution in [0.25, 0.3) is 27.8 Å². The standard InChI is InChI=1S/C33H36F4/c1-3-5-7-8-22-10-12-23(13-11-22)28-20-21-29(33(37)32(28)36)25-16-14-24(15-17-25)27-19-18-26(9-6-4-2)30(34)31(27)35/h12,14-22H,3-11,13H2,1-2H3. The van der Waals surface area contributed by atoms with Crippen LogP contribution in [-0.4, -0.2) is 0 Å². The van der Waals surface area contributed by atoms with E-state index in [9.17, 15) is 8.78 Å². The normalized spacial score (nSPS) is 15.6. The van der Waals surface area contributed by atoms with Gasteiger partial charge < -0.3 is 0 Å². The summed E-state index contributed by atoms with van der Waals surface area (Å²) in [5.41, 5.74) is 2.88. The molecule has 0 spiro atoms. The van der Waals surface area contributed by atoms with Crippen LogP contribution in [-0.2, 0) is 6.42 Å². The van der Waals surface area contributed by atoms with Crippen molar-refractivity contribution in [2.24, 2.45) is 5.92 Å². The van der Waals surface area contributed by atoms with Gasteiger partial charge in [0.25, 0.3) is 0 Å². The number of halogens is 4. The maximum Gasteiger partial charge on any atom is 0.167 e. The zero-order chi connectivity index (χ0) is 26.4. The minimum atomic E-state index is -0.881. The second kappa shape index (κ2) is 12.6. The van der Waals surface area contributed by atoms with E-state index in [1.807, 2.05) is 6.92 Å². The van der Waals surface area contributed by atoms with Crippen molar-refractivity contribution >= 4 is 5.57 Å². The van der Waals surface area contributed by atoms with Crippen LogP contribution in [0.1, 0.15) is 82.8 Å². The molecule has 0 fully saturated rings. The van der Waals surface area contributed by atoms with Gasteiger partial charge in [0, 0.05) is 16.7 Å². The van der Waals surface area contributed by atoms with Crippen molar-refractivity contribution in [3.8, 4) is 22.3 Å². The van der Waals surface area contributed by atoms with E-state index in [2.05, 4.69) is 13.0 Å². The third-order valence-electron chi connectivity index (χ3n) is 7.63. The Morgan fingerprint density at radius 1 is 0.649 bits per heavy atom. The molecular formula is C33H36F4. The van der Waals surface area contributed by atoms with Crippen molar-refractivity contribution in [1.82, 2.24) is 0 Å². The fourth-order valence-electron chi connectivity index (χ4n) is 5.30. The van der Waals surface area contributed by atoms with E-state index in [0.717, 1.165) is 37.7 Å². The van der Waals surface area contributed by atoms with Crippen molar-refractivity contribution in [2.45, 2.75) is 78.1 Å². The summed E-state index contributed by atoms with van der Waals surface area (Å²) in [4.78, 5) is 0. The van der Waals surface area contributed by atoms with Crippen molar-refractivity contribution in [2.75, 3.05) is 0 Å². The van der Waals surface area contributed by atoms with Gasteiger partial charge in [0.2, 0.25) is 0 Å². The first-order valence-corrected chi connectivity index (χ1v) is 13.7. The summed E-state index contributed by atoms with van der Waals surface area (Å²) in [5.74, 6) is -2.77. The van der Waals surface area contributed by atoms with Crippen LogP contribution in [0, 0.1) is 29.2 Å². The molecule has 1 unspecified atom stereocenters. The van der Waals surface area contributed by atoms with Crippen LogP contribution in [0.15, 0.2) is 54.6 Å². The lowest BCUT2D eigenvalue weighted by Gasteiger charge is -2.22. The molecule has 0 heterocycles. The Kier molecular flexibility index (Phi) is 9.23. The van der Waals surface area contributed by atoms with Crippen LogP contribution in [0.3, 0.4) is 0 Å². The summed E-state index contributed by atoms with van der Waals surface area (Å²) >= 11 is 0. The van der Waals surface area contributed by atoms with Gasteiger partial charge in [-0.05, 0) is 60.3 Å². The number of hydrogen-bond donors (Lipinski definition) is 0. The smallest absolute Gasteiger partial charge is 0.167 e. The highest BCUT2D eigenvalue weighted by molar-refractivity contribution is 5.74. The molecule has 3 aromatic rings. The fourth-order valence-corrected chi connectivity index (χ4v) is 5.30. The SMILES string of the molecule is CCCCCC1CC=C(c2ccc(-c3ccc(-c4ccc(CCCC)c(F)c4F)cc3)c(F)c2F)CC1. The zero-order valence-corrected chi connectivity index (χ0v) is 21.9. The summed E-state index contributed by atoms with van der Waals surface area (Å²) < 4.78 is 59.6. The predicted octanol–water partition coefficient (Wildman–Crippen LogP) is 10.7. The summed E-state index contributed by atoms with van der Waals surface area (Å²) in [6.45, 7) is 4.20. The van der Waals surface area contributed by atoms with Crippen molar-refractivity contribution < 1.29 is 17.6 Å². The van der Waals surface area contributed by atoms with Gasteiger partial charge in [-0.2, -0.15) is 0 Å². The van der Waals surface area contributed by atoms with Crippen molar-refractivity contribution in [3.63, 3.8) is 0 Å². The lowest BCUT2D eigenvalue weighted by atomic mass is 9.83. The molecule has 0 nitrogen and oxygen atoms in total. The van der Waals surface area contributed by atoms with Gasteiger partial charge in [-0.15, -0.1) is 0 Å². The molecule has 4 heteroatoms. The van der Waals surface area contributed by atoms with Gasteiger partial charge in [0.05, 0.1) is 0 Å². The molecule has 37 heavy (non-hydrogen) atoms. The van der Waals surface area contributed by atoms with E-state index in [0.29, 0.717) is 34.6 Å². The minimum absolute atomic E-state index is 0.156. The lowest BCUT2D eigenvalue weighted by Crippen LogP contribution is -2.07. The van der Waals surface area contributed by atoms with E-state index in [1.54, 1.807) is 48.5 Å². The molecule has 0 aliphatic heterocycles. The molecule has 0 saturated carbocycles. The first-order valence-electron chi connectivity index (χ1n) is 13.7. The number of benzene rings is 3. The largest absolute Gasteiger partial charge is 0.203 e. The Bertz CT molecular complexity index is 1240. The number of unbranched alkanes of at least 4 members (excludes halogenated alkanes) is 3. The average Bonchev–Trinajstić information content (AvgIpc) is 2.92. The van der Waals surface area contributed by atoms with Crippen LogP contribution < -0.4 is 0 Å². The van der Waals surface area contributed by atoms with Crippen LogP contribution >= 0.6 is 0 Å². The van der Waals surface area contributed by atoms with Gasteiger partial charge >= 0.3 is 0 Å². The number of aryl methyl sites for hydroxylation is 1. The quantitative estimate of drug-likeness (QED) is 0.189. The highest BCUT2D eigenvalue weighted by Gasteiger charge is 2.21. The second-order valence-electron chi connectivity index (χ2n) is 10.2. The highest BCUT2D eigenvalue weighted by Crippen LogP contribution is 2.37. The van der Waals surface area contributed by atoms with Crippen LogP contribution in [0.4, 0.5) is 17.6 Å². The molecular weight excluding hydrogens is 472 g/mol. The molecule has 0 N–H and O–H groups in total.